The van der Waals surface area contributed by atoms with Gasteiger partial charge in [-0.05, 0) is 6.92 Å². The Bertz CT molecular complexity index is 525. The van der Waals surface area contributed by atoms with E-state index < -0.39 is 9.84 Å². The molecule has 0 radical (unpaired) electrons. The zero-order chi connectivity index (χ0) is 11.9. The van der Waals surface area contributed by atoms with Gasteiger partial charge in [0.2, 0.25) is 0 Å². The lowest BCUT2D eigenvalue weighted by atomic mass is 10.1. The van der Waals surface area contributed by atoms with Gasteiger partial charge in [-0.25, -0.2) is 18.4 Å². The van der Waals surface area contributed by atoms with Crippen LogP contribution in [-0.4, -0.2) is 24.1 Å². The minimum atomic E-state index is -3.04. The summed E-state index contributed by atoms with van der Waals surface area (Å²) < 4.78 is 22.9. The van der Waals surface area contributed by atoms with Crippen molar-refractivity contribution >= 4 is 15.7 Å². The van der Waals surface area contributed by atoms with Crippen LogP contribution in [0.5, 0.6) is 0 Å². The van der Waals surface area contributed by atoms with E-state index in [1.165, 1.54) is 0 Å². The van der Waals surface area contributed by atoms with Crippen LogP contribution in [0.25, 0.3) is 0 Å². The van der Waals surface area contributed by atoms with Crippen LogP contribution in [-0.2, 0) is 22.0 Å². The number of nitrogens with two attached hydrogens (primary N) is 2. The SMILES string of the molecule is CC(N)c1nc(N)c2c(n1)CCS(=O)(=O)C2. The van der Waals surface area contributed by atoms with Gasteiger partial charge in [0, 0.05) is 12.0 Å². The van der Waals surface area contributed by atoms with E-state index in [0.29, 0.717) is 17.8 Å². The Morgan fingerprint density at radius 2 is 2.06 bits per heavy atom. The molecule has 1 aromatic rings. The summed E-state index contributed by atoms with van der Waals surface area (Å²) in [5, 5.41) is 0. The van der Waals surface area contributed by atoms with Crippen molar-refractivity contribution in [2.45, 2.75) is 25.1 Å². The summed E-state index contributed by atoms with van der Waals surface area (Å²) in [6.45, 7) is 1.76. The third-order valence-corrected chi connectivity index (χ3v) is 4.12. The Hall–Kier alpha value is -1.21. The molecule has 1 atom stereocenters. The van der Waals surface area contributed by atoms with Gasteiger partial charge in [-0.3, -0.25) is 0 Å². The molecule has 1 aliphatic rings. The molecule has 7 heteroatoms. The topological polar surface area (TPSA) is 112 Å². The first-order valence-corrected chi connectivity index (χ1v) is 6.82. The fourth-order valence-electron chi connectivity index (χ4n) is 1.68. The number of aromatic nitrogens is 2. The van der Waals surface area contributed by atoms with E-state index in [2.05, 4.69) is 9.97 Å². The number of sulfone groups is 1. The van der Waals surface area contributed by atoms with Crippen LogP contribution >= 0.6 is 0 Å². The van der Waals surface area contributed by atoms with E-state index in [1.54, 1.807) is 6.92 Å². The number of nitrogens with zero attached hydrogens (tertiary/aromatic N) is 2. The predicted molar refractivity (Wildman–Crippen MR) is 60.2 cm³/mol. The first-order chi connectivity index (χ1) is 7.39. The van der Waals surface area contributed by atoms with Crippen molar-refractivity contribution in [2.24, 2.45) is 5.73 Å². The van der Waals surface area contributed by atoms with Crippen LogP contribution in [0.3, 0.4) is 0 Å². The molecule has 1 unspecified atom stereocenters. The first kappa shape index (κ1) is 11.3. The molecule has 1 aromatic heterocycles. The number of aryl methyl sites for hydroxylation is 1. The van der Waals surface area contributed by atoms with Gasteiger partial charge >= 0.3 is 0 Å². The molecule has 2 heterocycles. The Kier molecular flexibility index (Phi) is 2.59. The monoisotopic (exact) mass is 242 g/mol. The second kappa shape index (κ2) is 3.67. The van der Waals surface area contributed by atoms with Gasteiger partial charge in [-0.2, -0.15) is 0 Å². The van der Waals surface area contributed by atoms with E-state index in [4.69, 9.17) is 11.5 Å². The van der Waals surface area contributed by atoms with Crippen molar-refractivity contribution in [3.63, 3.8) is 0 Å². The van der Waals surface area contributed by atoms with Gasteiger partial charge in [0.15, 0.2) is 9.84 Å². The fraction of sp³-hybridized carbons (Fsp3) is 0.556. The molecule has 6 nitrogen and oxygen atoms in total. The number of fused-ring (bicyclic) bond motifs is 1. The second-order valence-corrected chi connectivity index (χ2v) is 6.21. The summed E-state index contributed by atoms with van der Waals surface area (Å²) in [7, 11) is -3.04. The summed E-state index contributed by atoms with van der Waals surface area (Å²) in [6, 6.07) is -0.300. The molecule has 88 valence electrons. The lowest BCUT2D eigenvalue weighted by Crippen LogP contribution is -2.24. The first-order valence-electron chi connectivity index (χ1n) is 5.00. The van der Waals surface area contributed by atoms with E-state index in [1.807, 2.05) is 0 Å². The van der Waals surface area contributed by atoms with Gasteiger partial charge in [-0.1, -0.05) is 0 Å². The van der Waals surface area contributed by atoms with Gasteiger partial charge in [0.05, 0.1) is 23.2 Å². The highest BCUT2D eigenvalue weighted by molar-refractivity contribution is 7.90. The van der Waals surface area contributed by atoms with E-state index >= 15 is 0 Å². The minimum absolute atomic E-state index is 0.0621. The second-order valence-electron chi connectivity index (χ2n) is 4.02. The van der Waals surface area contributed by atoms with E-state index in [-0.39, 0.29) is 23.4 Å². The summed E-state index contributed by atoms with van der Waals surface area (Å²) in [5.41, 5.74) is 12.7. The normalized spacial score (nSPS) is 20.1. The van der Waals surface area contributed by atoms with Crippen LogP contribution in [0.4, 0.5) is 5.82 Å². The molecule has 0 aliphatic carbocycles. The van der Waals surface area contributed by atoms with Crippen LogP contribution < -0.4 is 11.5 Å². The fourth-order valence-corrected chi connectivity index (χ4v) is 3.08. The predicted octanol–water partition coefficient (Wildman–Crippen LogP) is -0.451. The number of hydrogen-bond acceptors (Lipinski definition) is 6. The molecule has 2 rings (SSSR count). The molecular weight excluding hydrogens is 228 g/mol. The van der Waals surface area contributed by atoms with Crippen molar-refractivity contribution in [2.75, 3.05) is 11.5 Å². The molecule has 0 saturated carbocycles. The standard InChI is InChI=1S/C9H14N4O2S/c1-5(10)9-12-7-2-3-16(14,15)4-6(7)8(11)13-9/h5H,2-4,10H2,1H3,(H2,11,12,13). The lowest BCUT2D eigenvalue weighted by Gasteiger charge is -2.18. The van der Waals surface area contributed by atoms with Crippen LogP contribution in [0.15, 0.2) is 0 Å². The summed E-state index contributed by atoms with van der Waals surface area (Å²) >= 11 is 0. The molecule has 0 fully saturated rings. The summed E-state index contributed by atoms with van der Waals surface area (Å²) in [5.74, 6) is 0.763. The van der Waals surface area contributed by atoms with Crippen LogP contribution in [0, 0.1) is 0 Å². The largest absolute Gasteiger partial charge is 0.383 e. The van der Waals surface area contributed by atoms with Crippen molar-refractivity contribution in [1.82, 2.24) is 9.97 Å². The maximum Gasteiger partial charge on any atom is 0.155 e. The minimum Gasteiger partial charge on any atom is -0.383 e. The molecule has 0 bridgehead atoms. The highest BCUT2D eigenvalue weighted by atomic mass is 32.2. The smallest absolute Gasteiger partial charge is 0.155 e. The quantitative estimate of drug-likeness (QED) is 0.689. The zero-order valence-corrected chi connectivity index (χ0v) is 9.79. The maximum atomic E-state index is 11.4. The van der Waals surface area contributed by atoms with Crippen molar-refractivity contribution in [3.8, 4) is 0 Å². The molecular formula is C9H14N4O2S. The number of hydrogen-bond donors (Lipinski definition) is 2. The molecule has 1 aliphatic heterocycles. The summed E-state index contributed by atoms with van der Waals surface area (Å²) in [6.07, 6.45) is 0.393. The molecule has 16 heavy (non-hydrogen) atoms. The average molecular weight is 242 g/mol. The Morgan fingerprint density at radius 3 is 2.69 bits per heavy atom. The molecule has 4 N–H and O–H groups in total. The average Bonchev–Trinajstić information content (AvgIpc) is 2.18. The molecule has 0 saturated heterocycles. The van der Waals surface area contributed by atoms with Gasteiger partial charge in [0.1, 0.15) is 11.6 Å². The zero-order valence-electron chi connectivity index (χ0n) is 8.97. The van der Waals surface area contributed by atoms with Gasteiger partial charge in [0.25, 0.3) is 0 Å². The van der Waals surface area contributed by atoms with Crippen molar-refractivity contribution in [1.29, 1.82) is 0 Å². The Labute approximate surface area is 94.0 Å². The maximum absolute atomic E-state index is 11.4. The lowest BCUT2D eigenvalue weighted by molar-refractivity contribution is 0.589. The van der Waals surface area contributed by atoms with E-state index in [0.717, 1.165) is 5.69 Å². The van der Waals surface area contributed by atoms with E-state index in [9.17, 15) is 8.42 Å². The summed E-state index contributed by atoms with van der Waals surface area (Å²) in [4.78, 5) is 8.29. The number of anilines is 1. The molecule has 0 aromatic carbocycles. The molecule has 0 amide bonds. The third-order valence-electron chi connectivity index (χ3n) is 2.56. The van der Waals surface area contributed by atoms with Crippen LogP contribution in [0.2, 0.25) is 0 Å². The van der Waals surface area contributed by atoms with Crippen molar-refractivity contribution in [3.05, 3.63) is 17.1 Å². The highest BCUT2D eigenvalue weighted by Gasteiger charge is 2.26. The Morgan fingerprint density at radius 1 is 1.38 bits per heavy atom. The Balaban J connectivity index is 2.52. The van der Waals surface area contributed by atoms with Gasteiger partial charge < -0.3 is 11.5 Å². The van der Waals surface area contributed by atoms with Crippen molar-refractivity contribution < 1.29 is 8.42 Å². The number of rotatable bonds is 1. The highest BCUT2D eigenvalue weighted by Crippen LogP contribution is 2.24. The third kappa shape index (κ3) is 2.00. The number of nitrogen functional groups attached to an aromatic ring is 1. The van der Waals surface area contributed by atoms with Gasteiger partial charge in [-0.15, -0.1) is 0 Å². The van der Waals surface area contributed by atoms with Crippen LogP contribution in [0.1, 0.15) is 30.0 Å². The molecule has 0 spiro atoms.